The topological polar surface area (TPSA) is 60.9 Å². The molecule has 0 saturated carbocycles. The van der Waals surface area contributed by atoms with Crippen molar-refractivity contribution < 1.29 is 13.5 Å². The molecule has 0 aliphatic carbocycles. The molecule has 0 bridgehead atoms. The maximum atomic E-state index is 12.7. The lowest BCUT2D eigenvalue weighted by Crippen LogP contribution is -2.49. The molecule has 0 aromatic carbocycles. The van der Waals surface area contributed by atoms with Crippen molar-refractivity contribution in [3.8, 4) is 0 Å². The van der Waals surface area contributed by atoms with Gasteiger partial charge in [0.05, 0.1) is 6.10 Å². The molecule has 0 spiro atoms. The average Bonchev–Trinajstić information content (AvgIpc) is 2.55. The Labute approximate surface area is 117 Å². The number of rotatable bonds is 6. The Hall–Kier alpha value is -0.170. The summed E-state index contributed by atoms with van der Waals surface area (Å²) in [5, 5.41) is 9.60. The van der Waals surface area contributed by atoms with Crippen molar-refractivity contribution in [1.29, 1.82) is 0 Å². The third-order valence-electron chi connectivity index (χ3n) is 3.76. The monoisotopic (exact) mass is 292 g/mol. The predicted molar refractivity (Wildman–Crippen MR) is 77.1 cm³/mol. The van der Waals surface area contributed by atoms with E-state index in [-0.39, 0.29) is 6.04 Å². The van der Waals surface area contributed by atoms with Gasteiger partial charge in [-0.1, -0.05) is 26.7 Å². The number of hydrogen-bond acceptors (Lipinski definition) is 3. The second-order valence-corrected chi connectivity index (χ2v) is 7.17. The Morgan fingerprint density at radius 1 is 1.26 bits per heavy atom. The first kappa shape index (κ1) is 16.9. The second-order valence-electron chi connectivity index (χ2n) is 5.29. The van der Waals surface area contributed by atoms with Crippen LogP contribution in [-0.4, -0.2) is 53.9 Å². The molecule has 2 atom stereocenters. The van der Waals surface area contributed by atoms with Crippen molar-refractivity contribution in [3.63, 3.8) is 0 Å². The zero-order valence-corrected chi connectivity index (χ0v) is 13.2. The highest BCUT2D eigenvalue weighted by molar-refractivity contribution is 7.86. The highest BCUT2D eigenvalue weighted by atomic mass is 32.2. The van der Waals surface area contributed by atoms with Crippen LogP contribution in [0.5, 0.6) is 0 Å². The van der Waals surface area contributed by atoms with Gasteiger partial charge in [0.2, 0.25) is 0 Å². The van der Waals surface area contributed by atoms with Gasteiger partial charge in [0, 0.05) is 25.7 Å². The molecule has 0 amide bonds. The molecule has 1 rings (SSSR count). The van der Waals surface area contributed by atoms with E-state index in [0.717, 1.165) is 25.7 Å². The zero-order valence-electron chi connectivity index (χ0n) is 12.4. The first-order valence-electron chi connectivity index (χ1n) is 7.38. The van der Waals surface area contributed by atoms with Gasteiger partial charge in [0.15, 0.2) is 0 Å². The summed E-state index contributed by atoms with van der Waals surface area (Å²) in [6.07, 6.45) is 3.95. The van der Waals surface area contributed by atoms with Gasteiger partial charge in [-0.3, -0.25) is 0 Å². The quantitative estimate of drug-likeness (QED) is 0.808. The van der Waals surface area contributed by atoms with Crippen molar-refractivity contribution in [2.45, 2.75) is 65.0 Å². The fraction of sp³-hybridized carbons (Fsp3) is 1.00. The van der Waals surface area contributed by atoms with Gasteiger partial charge in [-0.2, -0.15) is 17.0 Å². The largest absolute Gasteiger partial charge is 0.393 e. The minimum absolute atomic E-state index is 0.0619. The minimum atomic E-state index is -3.39. The maximum absolute atomic E-state index is 12.7. The summed E-state index contributed by atoms with van der Waals surface area (Å²) in [6.45, 7) is 7.03. The van der Waals surface area contributed by atoms with E-state index in [1.807, 2.05) is 13.8 Å². The number of hydrogen-bond donors (Lipinski definition) is 1. The van der Waals surface area contributed by atoms with Gasteiger partial charge in [-0.25, -0.2) is 0 Å². The Morgan fingerprint density at radius 3 is 2.42 bits per heavy atom. The van der Waals surface area contributed by atoms with E-state index in [1.54, 1.807) is 11.2 Å². The van der Waals surface area contributed by atoms with Crippen molar-refractivity contribution in [2.24, 2.45) is 0 Å². The summed E-state index contributed by atoms with van der Waals surface area (Å²) in [4.78, 5) is 0. The Balaban J connectivity index is 2.95. The fourth-order valence-corrected chi connectivity index (χ4v) is 4.66. The Kier molecular flexibility index (Phi) is 6.73. The van der Waals surface area contributed by atoms with Gasteiger partial charge in [0.1, 0.15) is 0 Å². The number of nitrogens with zero attached hydrogens (tertiary/aromatic N) is 2. The summed E-state index contributed by atoms with van der Waals surface area (Å²) < 4.78 is 28.5. The SMILES string of the molecule is CCN(CC)S(=O)(=O)N1CCCCCC1CC(C)O. The molecule has 6 heteroatoms. The summed E-state index contributed by atoms with van der Waals surface area (Å²) in [7, 11) is -3.39. The van der Waals surface area contributed by atoms with Crippen LogP contribution in [0.2, 0.25) is 0 Å². The lowest BCUT2D eigenvalue weighted by Gasteiger charge is -2.34. The van der Waals surface area contributed by atoms with Gasteiger partial charge >= 0.3 is 0 Å². The molecule has 0 radical (unpaired) electrons. The van der Waals surface area contributed by atoms with Crippen molar-refractivity contribution >= 4 is 10.2 Å². The van der Waals surface area contributed by atoms with Crippen LogP contribution in [-0.2, 0) is 10.2 Å². The molecular formula is C13H28N2O3S. The first-order valence-corrected chi connectivity index (χ1v) is 8.78. The minimum Gasteiger partial charge on any atom is -0.393 e. The molecule has 1 aliphatic heterocycles. The van der Waals surface area contributed by atoms with Gasteiger partial charge in [0.25, 0.3) is 10.2 Å². The normalized spacial score (nSPS) is 24.4. The molecule has 1 heterocycles. The average molecular weight is 292 g/mol. The van der Waals surface area contributed by atoms with Crippen LogP contribution in [0.15, 0.2) is 0 Å². The first-order chi connectivity index (χ1) is 8.93. The molecule has 1 N–H and O–H groups in total. The van der Waals surface area contributed by atoms with Crippen LogP contribution in [0.4, 0.5) is 0 Å². The smallest absolute Gasteiger partial charge is 0.282 e. The molecule has 0 aromatic heterocycles. The Morgan fingerprint density at radius 2 is 1.89 bits per heavy atom. The molecule has 2 unspecified atom stereocenters. The highest BCUT2D eigenvalue weighted by Gasteiger charge is 2.34. The van der Waals surface area contributed by atoms with Crippen LogP contribution in [0.25, 0.3) is 0 Å². The molecule has 1 saturated heterocycles. The number of aliphatic hydroxyl groups excluding tert-OH is 1. The molecule has 19 heavy (non-hydrogen) atoms. The molecule has 1 aliphatic rings. The molecule has 0 aromatic rings. The van der Waals surface area contributed by atoms with Crippen LogP contribution < -0.4 is 0 Å². The van der Waals surface area contributed by atoms with Crippen LogP contribution in [0.3, 0.4) is 0 Å². The molecule has 5 nitrogen and oxygen atoms in total. The van der Waals surface area contributed by atoms with E-state index < -0.39 is 16.3 Å². The second kappa shape index (κ2) is 7.57. The number of aliphatic hydroxyl groups is 1. The van der Waals surface area contributed by atoms with Gasteiger partial charge in [-0.15, -0.1) is 0 Å². The Bertz CT molecular complexity index is 353. The lowest BCUT2D eigenvalue weighted by molar-refractivity contribution is 0.144. The van der Waals surface area contributed by atoms with E-state index in [4.69, 9.17) is 0 Å². The van der Waals surface area contributed by atoms with Crippen molar-refractivity contribution in [1.82, 2.24) is 8.61 Å². The van der Waals surface area contributed by atoms with Crippen LogP contribution >= 0.6 is 0 Å². The van der Waals surface area contributed by atoms with Crippen LogP contribution in [0, 0.1) is 0 Å². The summed E-state index contributed by atoms with van der Waals surface area (Å²) >= 11 is 0. The van der Waals surface area contributed by atoms with Crippen LogP contribution in [0.1, 0.15) is 52.9 Å². The zero-order chi connectivity index (χ0) is 14.5. The van der Waals surface area contributed by atoms with E-state index in [1.165, 1.54) is 4.31 Å². The standard InChI is InChI=1S/C13H28N2O3S/c1-4-14(5-2)19(17,18)15-10-8-6-7-9-13(15)11-12(3)16/h12-13,16H,4-11H2,1-3H3. The highest BCUT2D eigenvalue weighted by Crippen LogP contribution is 2.25. The summed E-state index contributed by atoms with van der Waals surface area (Å²) in [5.41, 5.74) is 0. The predicted octanol–water partition coefficient (Wildman–Crippen LogP) is 1.59. The van der Waals surface area contributed by atoms with Gasteiger partial charge in [-0.05, 0) is 26.2 Å². The fourth-order valence-electron chi connectivity index (χ4n) is 2.78. The van der Waals surface area contributed by atoms with Gasteiger partial charge < -0.3 is 5.11 Å². The third-order valence-corrected chi connectivity index (χ3v) is 6.01. The maximum Gasteiger partial charge on any atom is 0.282 e. The molecule has 1 fully saturated rings. The summed E-state index contributed by atoms with van der Waals surface area (Å²) in [5.74, 6) is 0. The van der Waals surface area contributed by atoms with E-state index in [0.29, 0.717) is 26.1 Å². The molecule has 114 valence electrons. The lowest BCUT2D eigenvalue weighted by atomic mass is 10.1. The van der Waals surface area contributed by atoms with E-state index >= 15 is 0 Å². The summed E-state index contributed by atoms with van der Waals surface area (Å²) in [6, 6.07) is -0.0619. The third kappa shape index (κ3) is 4.41. The van der Waals surface area contributed by atoms with Crippen molar-refractivity contribution in [2.75, 3.05) is 19.6 Å². The molecular weight excluding hydrogens is 264 g/mol. The van der Waals surface area contributed by atoms with Crippen molar-refractivity contribution in [3.05, 3.63) is 0 Å². The van der Waals surface area contributed by atoms with E-state index in [2.05, 4.69) is 0 Å². The van der Waals surface area contributed by atoms with E-state index in [9.17, 15) is 13.5 Å².